The van der Waals surface area contributed by atoms with Crippen LogP contribution in [0, 0.1) is 11.3 Å². The Labute approximate surface area is 107 Å². The van der Waals surface area contributed by atoms with Crippen LogP contribution in [-0.4, -0.2) is 15.0 Å². The molecule has 86 valence electrons. The second-order valence-corrected chi connectivity index (χ2v) is 4.45. The smallest absolute Gasteiger partial charge is 0.102 e. The van der Waals surface area contributed by atoms with Gasteiger partial charge < -0.3 is 5.32 Å². The predicted octanol–water partition coefficient (Wildman–Crippen LogP) is 2.06. The molecule has 0 radical (unpaired) electrons. The molecular formula is C11H10BrN5. The summed E-state index contributed by atoms with van der Waals surface area (Å²) in [6, 6.07) is 7.62. The lowest BCUT2D eigenvalue weighted by Crippen LogP contribution is -2.01. The standard InChI is InChI=1S/C11H10BrN5/c1-17-7-10(15-16-17)6-14-11-4-9(12)3-2-8(11)5-13/h2-4,7,14H,6H2,1H3. The molecule has 0 atom stereocenters. The van der Waals surface area contributed by atoms with Gasteiger partial charge >= 0.3 is 0 Å². The number of hydrogen-bond acceptors (Lipinski definition) is 4. The zero-order valence-electron chi connectivity index (χ0n) is 9.18. The Kier molecular flexibility index (Phi) is 3.40. The molecule has 0 fully saturated rings. The summed E-state index contributed by atoms with van der Waals surface area (Å²) in [4.78, 5) is 0. The Morgan fingerprint density at radius 3 is 3.00 bits per heavy atom. The SMILES string of the molecule is Cn1cc(CNc2cc(Br)ccc2C#N)nn1. The lowest BCUT2D eigenvalue weighted by Gasteiger charge is -2.06. The summed E-state index contributed by atoms with van der Waals surface area (Å²) in [5.74, 6) is 0. The van der Waals surface area contributed by atoms with E-state index in [2.05, 4.69) is 37.6 Å². The molecule has 5 nitrogen and oxygen atoms in total. The number of aryl methyl sites for hydroxylation is 1. The molecule has 0 spiro atoms. The first kappa shape index (κ1) is 11.6. The van der Waals surface area contributed by atoms with Crippen LogP contribution in [0.25, 0.3) is 0 Å². The lowest BCUT2D eigenvalue weighted by molar-refractivity contribution is 0.713. The Hall–Kier alpha value is -1.87. The van der Waals surface area contributed by atoms with Gasteiger partial charge in [-0.2, -0.15) is 5.26 Å². The molecule has 0 amide bonds. The molecule has 2 rings (SSSR count). The molecule has 1 heterocycles. The summed E-state index contributed by atoms with van der Waals surface area (Å²) in [6.07, 6.45) is 1.83. The number of nitrogens with zero attached hydrogens (tertiary/aromatic N) is 4. The Morgan fingerprint density at radius 2 is 2.35 bits per heavy atom. The zero-order chi connectivity index (χ0) is 12.3. The van der Waals surface area contributed by atoms with E-state index >= 15 is 0 Å². The topological polar surface area (TPSA) is 66.5 Å². The van der Waals surface area contributed by atoms with E-state index in [1.54, 1.807) is 10.7 Å². The van der Waals surface area contributed by atoms with Crippen molar-refractivity contribution in [2.75, 3.05) is 5.32 Å². The number of rotatable bonds is 3. The van der Waals surface area contributed by atoms with Crippen LogP contribution in [0.5, 0.6) is 0 Å². The number of hydrogen-bond donors (Lipinski definition) is 1. The fourth-order valence-electron chi connectivity index (χ4n) is 1.42. The average molecular weight is 292 g/mol. The average Bonchev–Trinajstić information content (AvgIpc) is 2.73. The van der Waals surface area contributed by atoms with Crippen molar-refractivity contribution in [1.29, 1.82) is 5.26 Å². The van der Waals surface area contributed by atoms with Crippen molar-refractivity contribution in [3.8, 4) is 6.07 Å². The highest BCUT2D eigenvalue weighted by molar-refractivity contribution is 9.10. The van der Waals surface area contributed by atoms with Crippen LogP contribution in [0.3, 0.4) is 0 Å². The molecule has 0 aliphatic rings. The Morgan fingerprint density at radius 1 is 1.53 bits per heavy atom. The summed E-state index contributed by atoms with van der Waals surface area (Å²) >= 11 is 3.37. The maximum absolute atomic E-state index is 8.97. The van der Waals surface area contributed by atoms with E-state index in [4.69, 9.17) is 5.26 Å². The molecule has 2 aromatic rings. The van der Waals surface area contributed by atoms with Gasteiger partial charge in [0.2, 0.25) is 0 Å². The van der Waals surface area contributed by atoms with E-state index in [-0.39, 0.29) is 0 Å². The van der Waals surface area contributed by atoms with Gasteiger partial charge in [0.05, 0.1) is 17.8 Å². The van der Waals surface area contributed by atoms with Crippen LogP contribution in [0.2, 0.25) is 0 Å². The highest BCUT2D eigenvalue weighted by atomic mass is 79.9. The van der Waals surface area contributed by atoms with Crippen LogP contribution >= 0.6 is 15.9 Å². The maximum Gasteiger partial charge on any atom is 0.102 e. The van der Waals surface area contributed by atoms with Gasteiger partial charge in [-0.1, -0.05) is 21.1 Å². The minimum atomic E-state index is 0.541. The van der Waals surface area contributed by atoms with E-state index in [9.17, 15) is 0 Å². The summed E-state index contributed by atoms with van der Waals surface area (Å²) in [5.41, 5.74) is 2.22. The molecular weight excluding hydrogens is 282 g/mol. The molecule has 0 aliphatic heterocycles. The molecule has 0 unspecified atom stereocenters. The van der Waals surface area contributed by atoms with Crippen molar-refractivity contribution in [2.45, 2.75) is 6.54 Å². The van der Waals surface area contributed by atoms with Crippen LogP contribution in [0.1, 0.15) is 11.3 Å². The van der Waals surface area contributed by atoms with E-state index in [1.807, 2.05) is 25.4 Å². The lowest BCUT2D eigenvalue weighted by atomic mass is 10.2. The van der Waals surface area contributed by atoms with E-state index in [0.29, 0.717) is 12.1 Å². The molecule has 1 N–H and O–H groups in total. The van der Waals surface area contributed by atoms with Crippen molar-refractivity contribution in [1.82, 2.24) is 15.0 Å². The third kappa shape index (κ3) is 2.82. The fourth-order valence-corrected chi connectivity index (χ4v) is 1.78. The van der Waals surface area contributed by atoms with Gasteiger partial charge in [0, 0.05) is 17.7 Å². The number of nitrogens with one attached hydrogen (secondary N) is 1. The van der Waals surface area contributed by atoms with Crippen LogP contribution in [-0.2, 0) is 13.6 Å². The van der Waals surface area contributed by atoms with Gasteiger partial charge in [-0.25, -0.2) is 0 Å². The number of benzene rings is 1. The monoisotopic (exact) mass is 291 g/mol. The normalized spacial score (nSPS) is 9.94. The van der Waals surface area contributed by atoms with Gasteiger partial charge in [-0.3, -0.25) is 4.68 Å². The van der Waals surface area contributed by atoms with Crippen molar-refractivity contribution in [3.63, 3.8) is 0 Å². The van der Waals surface area contributed by atoms with Crippen LogP contribution in [0.15, 0.2) is 28.9 Å². The van der Waals surface area contributed by atoms with E-state index < -0.39 is 0 Å². The molecule has 0 bridgehead atoms. The molecule has 0 saturated heterocycles. The number of nitriles is 1. The largest absolute Gasteiger partial charge is 0.378 e. The maximum atomic E-state index is 8.97. The van der Waals surface area contributed by atoms with E-state index in [0.717, 1.165) is 15.9 Å². The quantitative estimate of drug-likeness (QED) is 0.940. The minimum absolute atomic E-state index is 0.541. The summed E-state index contributed by atoms with van der Waals surface area (Å²) in [5, 5.41) is 19.9. The van der Waals surface area contributed by atoms with Crippen molar-refractivity contribution >= 4 is 21.6 Å². The first-order valence-corrected chi connectivity index (χ1v) is 5.77. The molecule has 1 aromatic carbocycles. The van der Waals surface area contributed by atoms with Gasteiger partial charge in [0.15, 0.2) is 0 Å². The summed E-state index contributed by atoms with van der Waals surface area (Å²) < 4.78 is 2.57. The first-order chi connectivity index (χ1) is 8.19. The number of aromatic nitrogens is 3. The minimum Gasteiger partial charge on any atom is -0.378 e. The van der Waals surface area contributed by atoms with Gasteiger partial charge in [0.1, 0.15) is 11.8 Å². The number of anilines is 1. The summed E-state index contributed by atoms with van der Waals surface area (Å²) in [7, 11) is 1.82. The van der Waals surface area contributed by atoms with Crippen molar-refractivity contribution in [3.05, 3.63) is 40.1 Å². The van der Waals surface area contributed by atoms with Gasteiger partial charge in [0.25, 0.3) is 0 Å². The fraction of sp³-hybridized carbons (Fsp3) is 0.182. The van der Waals surface area contributed by atoms with Gasteiger partial charge in [-0.15, -0.1) is 5.10 Å². The zero-order valence-corrected chi connectivity index (χ0v) is 10.8. The van der Waals surface area contributed by atoms with Crippen LogP contribution < -0.4 is 5.32 Å². The first-order valence-electron chi connectivity index (χ1n) is 4.98. The molecule has 0 aliphatic carbocycles. The number of halogens is 1. The second-order valence-electron chi connectivity index (χ2n) is 3.54. The third-order valence-electron chi connectivity index (χ3n) is 2.21. The van der Waals surface area contributed by atoms with Gasteiger partial charge in [-0.05, 0) is 18.2 Å². The van der Waals surface area contributed by atoms with E-state index in [1.165, 1.54) is 0 Å². The Balaban J connectivity index is 2.13. The highest BCUT2D eigenvalue weighted by Crippen LogP contribution is 2.21. The summed E-state index contributed by atoms with van der Waals surface area (Å²) in [6.45, 7) is 0.541. The third-order valence-corrected chi connectivity index (χ3v) is 2.71. The second kappa shape index (κ2) is 4.97. The molecule has 1 aromatic heterocycles. The molecule has 0 saturated carbocycles. The van der Waals surface area contributed by atoms with Crippen molar-refractivity contribution < 1.29 is 0 Å². The predicted molar refractivity (Wildman–Crippen MR) is 67.2 cm³/mol. The highest BCUT2D eigenvalue weighted by Gasteiger charge is 2.04. The van der Waals surface area contributed by atoms with Crippen molar-refractivity contribution in [2.24, 2.45) is 7.05 Å². The Bertz CT molecular complexity index is 569. The van der Waals surface area contributed by atoms with Crippen LogP contribution in [0.4, 0.5) is 5.69 Å². The molecule has 6 heteroatoms. The molecule has 17 heavy (non-hydrogen) atoms.